The summed E-state index contributed by atoms with van der Waals surface area (Å²) in [5, 5.41) is 0. The minimum absolute atomic E-state index is 0. The molecule has 0 aliphatic rings. The van der Waals surface area contributed by atoms with Gasteiger partial charge < -0.3 is 10.5 Å². The van der Waals surface area contributed by atoms with E-state index in [4.69, 9.17) is 10.5 Å². The van der Waals surface area contributed by atoms with Gasteiger partial charge in [-0.3, -0.25) is 9.59 Å². The number of esters is 1. The van der Waals surface area contributed by atoms with Crippen molar-refractivity contribution in [3.8, 4) is 5.75 Å². The van der Waals surface area contributed by atoms with Crippen LogP contribution in [0, 0.1) is 0 Å². The number of hydrogen-bond acceptors (Lipinski definition) is 3. The second-order valence-electron chi connectivity index (χ2n) is 4.50. The molecule has 0 unspecified atom stereocenters. The molecule has 0 aromatic heterocycles. The van der Waals surface area contributed by atoms with Crippen LogP contribution in [0.25, 0.3) is 0 Å². The predicted molar refractivity (Wildman–Crippen MR) is 81.1 cm³/mol. The van der Waals surface area contributed by atoms with E-state index < -0.39 is 5.91 Å². The molecular formula is C15H22NNaO3. The van der Waals surface area contributed by atoms with Crippen LogP contribution in [-0.2, 0) is 4.79 Å². The molecule has 4 nitrogen and oxygen atoms in total. The van der Waals surface area contributed by atoms with E-state index >= 15 is 0 Å². The zero-order valence-electron chi connectivity index (χ0n) is 11.4. The molecule has 0 aliphatic heterocycles. The Bertz CT molecular complexity index is 435. The molecule has 0 atom stereocenters. The standard InChI is InChI=1S/C15H21NO3.Na.H/c1-2-3-4-5-6-11-14(17)19-13-10-8-7-9-12(13)15(16)18;;/h7-10H,2-6,11H2,1H3,(H2,16,18);;. The molecule has 1 aromatic carbocycles. The van der Waals surface area contributed by atoms with E-state index in [0.717, 1.165) is 19.3 Å². The number of carbonyl (C=O) groups excluding carboxylic acids is 2. The molecule has 20 heavy (non-hydrogen) atoms. The Labute approximate surface area is 142 Å². The Hall–Kier alpha value is -0.840. The first-order valence-corrected chi connectivity index (χ1v) is 6.74. The third kappa shape index (κ3) is 7.08. The minimum atomic E-state index is -0.591. The average molecular weight is 287 g/mol. The van der Waals surface area contributed by atoms with E-state index in [1.807, 2.05) is 0 Å². The molecule has 1 amide bonds. The van der Waals surface area contributed by atoms with Crippen molar-refractivity contribution in [2.45, 2.75) is 45.4 Å². The van der Waals surface area contributed by atoms with Gasteiger partial charge >= 0.3 is 35.5 Å². The molecule has 0 heterocycles. The number of hydrogen-bond donors (Lipinski definition) is 1. The second kappa shape index (κ2) is 10.9. The third-order valence-corrected chi connectivity index (χ3v) is 2.86. The van der Waals surface area contributed by atoms with Crippen molar-refractivity contribution < 1.29 is 14.3 Å². The van der Waals surface area contributed by atoms with Crippen molar-refractivity contribution >= 4 is 41.4 Å². The fraction of sp³-hybridized carbons (Fsp3) is 0.467. The van der Waals surface area contributed by atoms with Gasteiger partial charge in [-0.25, -0.2) is 0 Å². The van der Waals surface area contributed by atoms with Crippen LogP contribution >= 0.6 is 0 Å². The maximum absolute atomic E-state index is 11.6. The van der Waals surface area contributed by atoms with Crippen LogP contribution in [0.2, 0.25) is 0 Å². The molecule has 0 aliphatic carbocycles. The molecule has 1 aromatic rings. The van der Waals surface area contributed by atoms with Gasteiger partial charge in [-0.15, -0.1) is 0 Å². The van der Waals surface area contributed by atoms with E-state index in [1.165, 1.54) is 12.8 Å². The Morgan fingerprint density at radius 3 is 2.40 bits per heavy atom. The molecular weight excluding hydrogens is 265 g/mol. The number of rotatable bonds is 8. The monoisotopic (exact) mass is 287 g/mol. The average Bonchev–Trinajstić information content (AvgIpc) is 2.39. The Balaban J connectivity index is 0.00000361. The Morgan fingerprint density at radius 1 is 1.10 bits per heavy atom. The van der Waals surface area contributed by atoms with Crippen LogP contribution < -0.4 is 10.5 Å². The first-order valence-electron chi connectivity index (χ1n) is 6.74. The van der Waals surface area contributed by atoms with Crippen molar-refractivity contribution in [2.75, 3.05) is 0 Å². The molecule has 0 saturated carbocycles. The fourth-order valence-corrected chi connectivity index (χ4v) is 1.81. The summed E-state index contributed by atoms with van der Waals surface area (Å²) >= 11 is 0. The maximum atomic E-state index is 11.6. The normalized spacial score (nSPS) is 9.65. The summed E-state index contributed by atoms with van der Waals surface area (Å²) in [5.41, 5.74) is 5.45. The summed E-state index contributed by atoms with van der Waals surface area (Å²) in [6.07, 6.45) is 5.73. The summed E-state index contributed by atoms with van der Waals surface area (Å²) in [7, 11) is 0. The van der Waals surface area contributed by atoms with Crippen molar-refractivity contribution in [3.63, 3.8) is 0 Å². The number of benzene rings is 1. The van der Waals surface area contributed by atoms with Gasteiger partial charge in [0.15, 0.2) is 0 Å². The van der Waals surface area contributed by atoms with Crippen molar-refractivity contribution in [1.29, 1.82) is 0 Å². The molecule has 0 saturated heterocycles. The van der Waals surface area contributed by atoms with Gasteiger partial charge in [-0.2, -0.15) is 0 Å². The van der Waals surface area contributed by atoms with Gasteiger partial charge in [0.05, 0.1) is 5.56 Å². The number of primary amides is 1. The number of ether oxygens (including phenoxy) is 1. The van der Waals surface area contributed by atoms with Crippen LogP contribution in [0.4, 0.5) is 0 Å². The van der Waals surface area contributed by atoms with Crippen LogP contribution in [0.1, 0.15) is 55.8 Å². The van der Waals surface area contributed by atoms with Gasteiger partial charge in [-0.05, 0) is 18.6 Å². The zero-order valence-corrected chi connectivity index (χ0v) is 11.4. The number of carbonyl (C=O) groups is 2. The summed E-state index contributed by atoms with van der Waals surface area (Å²) in [4.78, 5) is 22.8. The van der Waals surface area contributed by atoms with Gasteiger partial charge in [0.25, 0.3) is 5.91 Å². The van der Waals surface area contributed by atoms with E-state index in [0.29, 0.717) is 6.42 Å². The van der Waals surface area contributed by atoms with E-state index in [2.05, 4.69) is 6.92 Å². The summed E-state index contributed by atoms with van der Waals surface area (Å²) in [5.74, 6) is -0.662. The third-order valence-electron chi connectivity index (χ3n) is 2.86. The number of unbranched alkanes of at least 4 members (excludes halogenated alkanes) is 4. The van der Waals surface area contributed by atoms with Gasteiger partial charge in [0, 0.05) is 6.42 Å². The van der Waals surface area contributed by atoms with E-state index in [-0.39, 0.29) is 46.8 Å². The zero-order chi connectivity index (χ0) is 14.1. The number of amides is 1. The number of para-hydroxylation sites is 1. The fourth-order valence-electron chi connectivity index (χ4n) is 1.81. The van der Waals surface area contributed by atoms with Gasteiger partial charge in [0.1, 0.15) is 5.75 Å². The Kier molecular flexibility index (Phi) is 10.4. The van der Waals surface area contributed by atoms with Crippen LogP contribution in [0.15, 0.2) is 24.3 Å². The van der Waals surface area contributed by atoms with Gasteiger partial charge in [0.2, 0.25) is 0 Å². The quantitative estimate of drug-likeness (QED) is 0.345. The van der Waals surface area contributed by atoms with Crippen LogP contribution in [0.3, 0.4) is 0 Å². The van der Waals surface area contributed by atoms with Crippen molar-refractivity contribution in [1.82, 2.24) is 0 Å². The molecule has 0 bridgehead atoms. The molecule has 1 rings (SSSR count). The van der Waals surface area contributed by atoms with E-state index in [1.54, 1.807) is 24.3 Å². The molecule has 0 spiro atoms. The molecule has 0 fully saturated rings. The van der Waals surface area contributed by atoms with Crippen molar-refractivity contribution in [3.05, 3.63) is 29.8 Å². The summed E-state index contributed by atoms with van der Waals surface area (Å²) in [6, 6.07) is 6.51. The van der Waals surface area contributed by atoms with Gasteiger partial charge in [-0.1, -0.05) is 44.7 Å². The predicted octanol–water partition coefficient (Wildman–Crippen LogP) is 2.40. The SMILES string of the molecule is CCCCCCCC(=O)Oc1ccccc1C(N)=O.[NaH]. The van der Waals surface area contributed by atoms with E-state index in [9.17, 15) is 9.59 Å². The Morgan fingerprint density at radius 2 is 1.75 bits per heavy atom. The first kappa shape index (κ1) is 19.2. The van der Waals surface area contributed by atoms with Crippen LogP contribution in [0.5, 0.6) is 5.75 Å². The molecule has 0 radical (unpaired) electrons. The molecule has 5 heteroatoms. The summed E-state index contributed by atoms with van der Waals surface area (Å²) in [6.45, 7) is 2.15. The summed E-state index contributed by atoms with van der Waals surface area (Å²) < 4.78 is 5.17. The molecule has 106 valence electrons. The second-order valence-corrected chi connectivity index (χ2v) is 4.50. The molecule has 2 N–H and O–H groups in total. The number of nitrogens with two attached hydrogens (primary N) is 1. The topological polar surface area (TPSA) is 69.4 Å². The van der Waals surface area contributed by atoms with Crippen LogP contribution in [-0.4, -0.2) is 41.4 Å². The first-order chi connectivity index (χ1) is 9.15. The van der Waals surface area contributed by atoms with Crippen molar-refractivity contribution in [2.24, 2.45) is 5.73 Å².